The van der Waals surface area contributed by atoms with Crippen molar-refractivity contribution >= 4 is 17.4 Å². The van der Waals surface area contributed by atoms with E-state index in [2.05, 4.69) is 34.3 Å². The summed E-state index contributed by atoms with van der Waals surface area (Å²) < 4.78 is 10.7. The van der Waals surface area contributed by atoms with Crippen molar-refractivity contribution in [3.05, 3.63) is 60.3 Å². The fourth-order valence-electron chi connectivity index (χ4n) is 3.96. The van der Waals surface area contributed by atoms with Crippen molar-refractivity contribution in [2.24, 2.45) is 5.92 Å². The standard InChI is InChI=1S/C24H24N4O3/c1-16-2-4-17(5-3-16)23-25-11-8-22(27-23)28-12-9-18(10-13-28)24(29)26-19-6-7-20-21(14-19)31-15-30-20/h2-8,11,14,18H,9-10,12-13,15H2,1H3,(H,26,29). The molecule has 3 heterocycles. The lowest BCUT2D eigenvalue weighted by Crippen LogP contribution is -2.38. The predicted octanol–water partition coefficient (Wildman–Crippen LogP) is 4.04. The maximum absolute atomic E-state index is 12.8. The normalized spacial score (nSPS) is 15.7. The molecule has 1 amide bonds. The topological polar surface area (TPSA) is 76.6 Å². The number of aromatic nitrogens is 2. The highest BCUT2D eigenvalue weighted by Crippen LogP contribution is 2.34. The monoisotopic (exact) mass is 416 g/mol. The Morgan fingerprint density at radius 3 is 2.61 bits per heavy atom. The van der Waals surface area contributed by atoms with E-state index in [1.54, 1.807) is 6.20 Å². The third-order valence-electron chi connectivity index (χ3n) is 5.78. The molecule has 31 heavy (non-hydrogen) atoms. The molecule has 1 N–H and O–H groups in total. The van der Waals surface area contributed by atoms with Crippen LogP contribution < -0.4 is 19.7 Å². The molecule has 1 saturated heterocycles. The number of benzene rings is 2. The fraction of sp³-hybridized carbons (Fsp3) is 0.292. The van der Waals surface area contributed by atoms with Gasteiger partial charge in [0.15, 0.2) is 17.3 Å². The minimum absolute atomic E-state index is 0.0277. The molecule has 2 aliphatic rings. The van der Waals surface area contributed by atoms with Gasteiger partial charge in [-0.15, -0.1) is 0 Å². The second kappa shape index (κ2) is 8.26. The van der Waals surface area contributed by atoms with Crippen LogP contribution in [-0.4, -0.2) is 35.8 Å². The summed E-state index contributed by atoms with van der Waals surface area (Å²) in [5.41, 5.74) is 2.95. The van der Waals surface area contributed by atoms with Gasteiger partial charge >= 0.3 is 0 Å². The number of nitrogens with one attached hydrogen (secondary N) is 1. The average molecular weight is 416 g/mol. The average Bonchev–Trinajstić information content (AvgIpc) is 3.28. The molecule has 0 unspecified atom stereocenters. The fourth-order valence-corrected chi connectivity index (χ4v) is 3.96. The lowest BCUT2D eigenvalue weighted by Gasteiger charge is -2.32. The number of piperidine rings is 1. The van der Waals surface area contributed by atoms with E-state index in [9.17, 15) is 4.79 Å². The van der Waals surface area contributed by atoms with Crippen LogP contribution in [0.1, 0.15) is 18.4 Å². The van der Waals surface area contributed by atoms with E-state index in [1.165, 1.54) is 5.56 Å². The lowest BCUT2D eigenvalue weighted by molar-refractivity contribution is -0.120. The summed E-state index contributed by atoms with van der Waals surface area (Å²) in [5, 5.41) is 3.01. The Labute approximate surface area is 181 Å². The lowest BCUT2D eigenvalue weighted by atomic mass is 9.95. The van der Waals surface area contributed by atoms with Crippen molar-refractivity contribution < 1.29 is 14.3 Å². The number of aryl methyl sites for hydroxylation is 1. The predicted molar refractivity (Wildman–Crippen MR) is 118 cm³/mol. The highest BCUT2D eigenvalue weighted by atomic mass is 16.7. The van der Waals surface area contributed by atoms with Crippen molar-refractivity contribution in [3.63, 3.8) is 0 Å². The van der Waals surface area contributed by atoms with Crippen molar-refractivity contribution in [3.8, 4) is 22.9 Å². The summed E-state index contributed by atoms with van der Waals surface area (Å²) in [6.45, 7) is 3.85. The number of ether oxygens (including phenoxy) is 2. The third-order valence-corrected chi connectivity index (χ3v) is 5.78. The van der Waals surface area contributed by atoms with E-state index in [4.69, 9.17) is 14.5 Å². The number of anilines is 2. The summed E-state index contributed by atoms with van der Waals surface area (Å²) in [6.07, 6.45) is 3.36. The summed E-state index contributed by atoms with van der Waals surface area (Å²) >= 11 is 0. The molecule has 2 aliphatic heterocycles. The molecule has 0 radical (unpaired) electrons. The number of nitrogens with zero attached hydrogens (tertiary/aromatic N) is 3. The van der Waals surface area contributed by atoms with Gasteiger partial charge in [0.1, 0.15) is 5.82 Å². The second-order valence-electron chi connectivity index (χ2n) is 7.92. The van der Waals surface area contributed by atoms with Crippen molar-refractivity contribution in [1.29, 1.82) is 0 Å². The van der Waals surface area contributed by atoms with Gasteiger partial charge in [0.05, 0.1) is 0 Å². The van der Waals surface area contributed by atoms with Crippen LogP contribution >= 0.6 is 0 Å². The molecule has 7 heteroatoms. The van der Waals surface area contributed by atoms with E-state index in [1.807, 2.05) is 36.4 Å². The highest BCUT2D eigenvalue weighted by molar-refractivity contribution is 5.93. The molecule has 0 aliphatic carbocycles. The van der Waals surface area contributed by atoms with Crippen LogP contribution in [0.5, 0.6) is 11.5 Å². The molecule has 158 valence electrons. The number of carbonyl (C=O) groups is 1. The van der Waals surface area contributed by atoms with Crippen LogP contribution in [0.15, 0.2) is 54.7 Å². The van der Waals surface area contributed by atoms with E-state index in [0.29, 0.717) is 11.5 Å². The number of rotatable bonds is 4. The molecule has 0 bridgehead atoms. The van der Waals surface area contributed by atoms with Gasteiger partial charge in [-0.1, -0.05) is 29.8 Å². The Bertz CT molecular complexity index is 1090. The first-order valence-electron chi connectivity index (χ1n) is 10.5. The highest BCUT2D eigenvalue weighted by Gasteiger charge is 2.26. The zero-order valence-corrected chi connectivity index (χ0v) is 17.4. The molecule has 0 spiro atoms. The summed E-state index contributed by atoms with van der Waals surface area (Å²) in [5.74, 6) is 3.02. The molecule has 3 aromatic rings. The number of amides is 1. The van der Waals surface area contributed by atoms with Crippen molar-refractivity contribution in [2.45, 2.75) is 19.8 Å². The maximum Gasteiger partial charge on any atom is 0.231 e. The summed E-state index contributed by atoms with van der Waals surface area (Å²) in [4.78, 5) is 24.2. The van der Waals surface area contributed by atoms with Gasteiger partial charge in [0, 0.05) is 42.5 Å². The number of hydrogen-bond acceptors (Lipinski definition) is 6. The minimum Gasteiger partial charge on any atom is -0.454 e. The van der Waals surface area contributed by atoms with Gasteiger partial charge in [0.25, 0.3) is 0 Å². The Kier molecular flexibility index (Phi) is 5.16. The van der Waals surface area contributed by atoms with Crippen molar-refractivity contribution in [1.82, 2.24) is 9.97 Å². The molecule has 1 aromatic heterocycles. The van der Waals surface area contributed by atoms with Crippen LogP contribution in [0.25, 0.3) is 11.4 Å². The van der Waals surface area contributed by atoms with Crippen LogP contribution in [0.2, 0.25) is 0 Å². The van der Waals surface area contributed by atoms with E-state index in [0.717, 1.165) is 48.8 Å². The first kappa shape index (κ1) is 19.4. The van der Waals surface area contributed by atoms with Crippen LogP contribution in [0, 0.1) is 12.8 Å². The molecule has 5 rings (SSSR count). The second-order valence-corrected chi connectivity index (χ2v) is 7.92. The molecular weight excluding hydrogens is 392 g/mol. The van der Waals surface area contributed by atoms with E-state index >= 15 is 0 Å². The Morgan fingerprint density at radius 2 is 1.81 bits per heavy atom. The number of fused-ring (bicyclic) bond motifs is 1. The molecule has 7 nitrogen and oxygen atoms in total. The number of hydrogen-bond donors (Lipinski definition) is 1. The van der Waals surface area contributed by atoms with E-state index < -0.39 is 0 Å². The molecule has 0 saturated carbocycles. The van der Waals surface area contributed by atoms with Crippen LogP contribution in [-0.2, 0) is 4.79 Å². The van der Waals surface area contributed by atoms with Crippen LogP contribution in [0.3, 0.4) is 0 Å². The van der Waals surface area contributed by atoms with Crippen LogP contribution in [0.4, 0.5) is 11.5 Å². The first-order chi connectivity index (χ1) is 15.2. The van der Waals surface area contributed by atoms with Gasteiger partial charge in [0.2, 0.25) is 12.7 Å². The minimum atomic E-state index is -0.0277. The zero-order valence-electron chi connectivity index (χ0n) is 17.4. The van der Waals surface area contributed by atoms with Gasteiger partial charge in [-0.3, -0.25) is 4.79 Å². The Balaban J connectivity index is 1.21. The van der Waals surface area contributed by atoms with Gasteiger partial charge in [-0.2, -0.15) is 0 Å². The van der Waals surface area contributed by atoms with Gasteiger partial charge in [-0.25, -0.2) is 9.97 Å². The quantitative estimate of drug-likeness (QED) is 0.692. The smallest absolute Gasteiger partial charge is 0.231 e. The molecule has 1 fully saturated rings. The molecule has 0 atom stereocenters. The largest absolute Gasteiger partial charge is 0.454 e. The first-order valence-corrected chi connectivity index (χ1v) is 10.5. The SMILES string of the molecule is Cc1ccc(-c2nccc(N3CCC(C(=O)Nc4ccc5c(c4)OCO5)CC3)n2)cc1. The summed E-state index contributed by atoms with van der Waals surface area (Å²) in [7, 11) is 0. The maximum atomic E-state index is 12.8. The third kappa shape index (κ3) is 4.17. The number of carbonyl (C=O) groups excluding carboxylic acids is 1. The zero-order chi connectivity index (χ0) is 21.2. The van der Waals surface area contributed by atoms with Gasteiger partial charge in [-0.05, 0) is 38.0 Å². The van der Waals surface area contributed by atoms with E-state index in [-0.39, 0.29) is 18.6 Å². The van der Waals surface area contributed by atoms with Crippen molar-refractivity contribution in [2.75, 3.05) is 30.1 Å². The Hall–Kier alpha value is -3.61. The van der Waals surface area contributed by atoms with Gasteiger partial charge < -0.3 is 19.7 Å². The Morgan fingerprint density at radius 1 is 1.03 bits per heavy atom. The summed E-state index contributed by atoms with van der Waals surface area (Å²) in [6, 6.07) is 15.6. The molecule has 2 aromatic carbocycles. The molecular formula is C24H24N4O3.